The number of benzene rings is 1. The van der Waals surface area contributed by atoms with Gasteiger partial charge in [-0.1, -0.05) is 13.8 Å². The largest absolute Gasteiger partial charge is 0.496 e. The highest BCUT2D eigenvalue weighted by atomic mass is 16.5. The molecule has 112 valence electrons. The average Bonchev–Trinajstić information content (AvgIpc) is 2.42. The second-order valence-electron chi connectivity index (χ2n) is 5.16. The third kappa shape index (κ3) is 3.44. The molecule has 0 fully saturated rings. The van der Waals surface area contributed by atoms with Crippen LogP contribution in [0.4, 0.5) is 0 Å². The maximum atomic E-state index is 11.9. The van der Waals surface area contributed by atoms with Crippen molar-refractivity contribution in [3.05, 3.63) is 17.2 Å². The van der Waals surface area contributed by atoms with Crippen LogP contribution in [0.25, 0.3) is 0 Å². The quantitative estimate of drug-likeness (QED) is 0.717. The van der Waals surface area contributed by atoms with Crippen LogP contribution in [0.5, 0.6) is 17.2 Å². The molecule has 0 heterocycles. The molecular formula is C16H24O4. The number of hydrogen-bond donors (Lipinski definition) is 0. The summed E-state index contributed by atoms with van der Waals surface area (Å²) in [5.41, 5.74) is 1.41. The van der Waals surface area contributed by atoms with Crippen LogP contribution in [0.3, 0.4) is 0 Å². The van der Waals surface area contributed by atoms with Crippen LogP contribution < -0.4 is 14.2 Å². The molecule has 0 aromatic heterocycles. The Morgan fingerprint density at radius 1 is 1.10 bits per heavy atom. The molecule has 0 unspecified atom stereocenters. The Hall–Kier alpha value is -1.71. The van der Waals surface area contributed by atoms with Crippen LogP contribution >= 0.6 is 0 Å². The van der Waals surface area contributed by atoms with Crippen molar-refractivity contribution >= 4 is 5.78 Å². The minimum atomic E-state index is -0.0767. The fourth-order valence-electron chi connectivity index (χ4n) is 2.22. The maximum Gasteiger partial charge on any atom is 0.167 e. The second-order valence-corrected chi connectivity index (χ2v) is 5.16. The Balaban J connectivity index is 3.45. The molecule has 0 N–H and O–H groups in total. The lowest BCUT2D eigenvalue weighted by molar-refractivity contribution is 0.101. The van der Waals surface area contributed by atoms with Crippen LogP contribution in [0.2, 0.25) is 0 Å². The predicted molar refractivity (Wildman–Crippen MR) is 79.3 cm³/mol. The molecule has 0 saturated carbocycles. The molecular weight excluding hydrogens is 256 g/mol. The van der Waals surface area contributed by atoms with Crippen molar-refractivity contribution in [1.82, 2.24) is 0 Å². The smallest absolute Gasteiger partial charge is 0.167 e. The summed E-state index contributed by atoms with van der Waals surface area (Å²) < 4.78 is 16.2. The van der Waals surface area contributed by atoms with E-state index in [9.17, 15) is 4.79 Å². The van der Waals surface area contributed by atoms with E-state index in [2.05, 4.69) is 13.8 Å². The third-order valence-electron chi connectivity index (χ3n) is 3.27. The van der Waals surface area contributed by atoms with Crippen LogP contribution in [0.1, 0.15) is 43.1 Å². The lowest BCUT2D eigenvalue weighted by Gasteiger charge is -2.19. The highest BCUT2D eigenvalue weighted by molar-refractivity contribution is 6.00. The molecule has 0 atom stereocenters. The standard InChI is InChI=1S/C16H24O4/c1-10(2)7-8-12-13(18-4)9-14(19-5)15(11(3)17)16(12)20-6/h9-10H,7-8H2,1-6H3. The molecule has 1 aromatic rings. The van der Waals surface area contributed by atoms with Gasteiger partial charge < -0.3 is 14.2 Å². The van der Waals surface area contributed by atoms with E-state index in [4.69, 9.17) is 14.2 Å². The maximum absolute atomic E-state index is 11.9. The molecule has 0 aliphatic heterocycles. The lowest BCUT2D eigenvalue weighted by Crippen LogP contribution is -2.07. The van der Waals surface area contributed by atoms with Gasteiger partial charge in [0.15, 0.2) is 5.78 Å². The number of Topliss-reactive ketones (excluding diaryl/α,β-unsaturated/α-hetero) is 1. The number of rotatable bonds is 7. The summed E-state index contributed by atoms with van der Waals surface area (Å²) in [5, 5.41) is 0. The van der Waals surface area contributed by atoms with E-state index in [1.54, 1.807) is 20.3 Å². The third-order valence-corrected chi connectivity index (χ3v) is 3.27. The fraction of sp³-hybridized carbons (Fsp3) is 0.562. The van der Waals surface area contributed by atoms with Gasteiger partial charge in [-0.25, -0.2) is 0 Å². The van der Waals surface area contributed by atoms with Crippen molar-refractivity contribution in [3.63, 3.8) is 0 Å². The van der Waals surface area contributed by atoms with E-state index < -0.39 is 0 Å². The van der Waals surface area contributed by atoms with Gasteiger partial charge in [0.1, 0.15) is 22.8 Å². The predicted octanol–water partition coefficient (Wildman–Crippen LogP) is 3.50. The first-order chi connectivity index (χ1) is 9.46. The van der Waals surface area contributed by atoms with Crippen molar-refractivity contribution in [2.45, 2.75) is 33.6 Å². The second kappa shape index (κ2) is 7.17. The zero-order valence-electron chi connectivity index (χ0n) is 13.2. The summed E-state index contributed by atoms with van der Waals surface area (Å²) in [6, 6.07) is 1.76. The summed E-state index contributed by atoms with van der Waals surface area (Å²) in [7, 11) is 4.72. The Labute approximate surface area is 121 Å². The zero-order valence-corrected chi connectivity index (χ0v) is 13.2. The van der Waals surface area contributed by atoms with Gasteiger partial charge in [-0.3, -0.25) is 4.79 Å². The minimum absolute atomic E-state index is 0.0767. The summed E-state index contributed by atoms with van der Waals surface area (Å²) in [5.74, 6) is 2.23. The summed E-state index contributed by atoms with van der Waals surface area (Å²) >= 11 is 0. The van der Waals surface area contributed by atoms with Gasteiger partial charge in [-0.05, 0) is 25.7 Å². The molecule has 4 nitrogen and oxygen atoms in total. The molecule has 0 spiro atoms. The normalized spacial score (nSPS) is 10.6. The molecule has 4 heteroatoms. The highest BCUT2D eigenvalue weighted by Gasteiger charge is 2.23. The average molecular weight is 280 g/mol. The fourth-order valence-corrected chi connectivity index (χ4v) is 2.22. The first-order valence-electron chi connectivity index (χ1n) is 6.79. The number of methoxy groups -OCH3 is 3. The Morgan fingerprint density at radius 3 is 2.10 bits per heavy atom. The molecule has 1 aromatic carbocycles. The van der Waals surface area contributed by atoms with E-state index in [0.29, 0.717) is 28.7 Å². The van der Waals surface area contributed by atoms with Crippen molar-refractivity contribution in [2.75, 3.05) is 21.3 Å². The van der Waals surface area contributed by atoms with E-state index in [0.717, 1.165) is 18.4 Å². The minimum Gasteiger partial charge on any atom is -0.496 e. The van der Waals surface area contributed by atoms with E-state index in [1.165, 1.54) is 14.0 Å². The van der Waals surface area contributed by atoms with E-state index in [1.807, 2.05) is 0 Å². The number of hydrogen-bond acceptors (Lipinski definition) is 4. The molecule has 0 radical (unpaired) electrons. The molecule has 1 rings (SSSR count). The van der Waals surface area contributed by atoms with Gasteiger partial charge in [0, 0.05) is 11.6 Å². The Bertz CT molecular complexity index is 478. The Kier molecular flexibility index (Phi) is 5.86. The number of carbonyl (C=O) groups excluding carboxylic acids is 1. The summed E-state index contributed by atoms with van der Waals surface area (Å²) in [4.78, 5) is 11.9. The molecule has 0 bridgehead atoms. The number of ether oxygens (including phenoxy) is 3. The van der Waals surface area contributed by atoms with Gasteiger partial charge >= 0.3 is 0 Å². The summed E-state index contributed by atoms with van der Waals surface area (Å²) in [6.07, 6.45) is 1.80. The molecule has 0 aliphatic rings. The van der Waals surface area contributed by atoms with E-state index >= 15 is 0 Å². The Morgan fingerprint density at radius 2 is 1.70 bits per heavy atom. The highest BCUT2D eigenvalue weighted by Crippen LogP contribution is 2.40. The molecule has 0 saturated heterocycles. The van der Waals surface area contributed by atoms with Crippen LogP contribution in [-0.4, -0.2) is 27.1 Å². The summed E-state index contributed by atoms with van der Waals surface area (Å²) in [6.45, 7) is 5.84. The lowest BCUT2D eigenvalue weighted by atomic mass is 9.97. The first-order valence-corrected chi connectivity index (χ1v) is 6.79. The number of carbonyl (C=O) groups is 1. The van der Waals surface area contributed by atoms with Crippen LogP contribution in [0.15, 0.2) is 6.07 Å². The monoisotopic (exact) mass is 280 g/mol. The topological polar surface area (TPSA) is 44.8 Å². The molecule has 0 aliphatic carbocycles. The number of ketones is 1. The first kappa shape index (κ1) is 16.3. The van der Waals surface area contributed by atoms with Crippen molar-refractivity contribution < 1.29 is 19.0 Å². The SMILES string of the molecule is COc1cc(OC)c(C(C)=O)c(OC)c1CCC(C)C. The zero-order chi connectivity index (χ0) is 15.3. The van der Waals surface area contributed by atoms with Crippen molar-refractivity contribution in [2.24, 2.45) is 5.92 Å². The van der Waals surface area contributed by atoms with E-state index in [-0.39, 0.29) is 5.78 Å². The van der Waals surface area contributed by atoms with Gasteiger partial charge in [-0.2, -0.15) is 0 Å². The molecule has 20 heavy (non-hydrogen) atoms. The van der Waals surface area contributed by atoms with Crippen LogP contribution in [0, 0.1) is 5.92 Å². The van der Waals surface area contributed by atoms with Crippen molar-refractivity contribution in [1.29, 1.82) is 0 Å². The van der Waals surface area contributed by atoms with Gasteiger partial charge in [0.25, 0.3) is 0 Å². The van der Waals surface area contributed by atoms with Crippen LogP contribution in [-0.2, 0) is 6.42 Å². The van der Waals surface area contributed by atoms with Crippen molar-refractivity contribution in [3.8, 4) is 17.2 Å². The molecule has 0 amide bonds. The van der Waals surface area contributed by atoms with Gasteiger partial charge in [0.2, 0.25) is 0 Å². The van der Waals surface area contributed by atoms with Gasteiger partial charge in [0.05, 0.1) is 21.3 Å². The van der Waals surface area contributed by atoms with Gasteiger partial charge in [-0.15, -0.1) is 0 Å².